The molecule has 2 rings (SSSR count). The molecule has 0 aliphatic rings. The first-order valence-electron chi connectivity index (χ1n) is 8.29. The van der Waals surface area contributed by atoms with Crippen LogP contribution in [-0.4, -0.2) is 33.4 Å². The first-order valence-corrected chi connectivity index (χ1v) is 10.6. The Morgan fingerprint density at radius 2 is 2.04 bits per heavy atom. The third kappa shape index (κ3) is 6.47. The van der Waals surface area contributed by atoms with Gasteiger partial charge in [-0.25, -0.2) is 9.19 Å². The average molecular weight is 444 g/mol. The van der Waals surface area contributed by atoms with Crippen molar-refractivity contribution in [2.75, 3.05) is 6.26 Å². The first kappa shape index (κ1) is 22.1. The molecule has 0 fully saturated rings. The molecule has 2 atom stereocenters. The Labute approximate surface area is 175 Å². The van der Waals surface area contributed by atoms with Gasteiger partial charge in [-0.15, -0.1) is 0 Å². The summed E-state index contributed by atoms with van der Waals surface area (Å²) in [5.41, 5.74) is 1.06. The maximum Gasteiger partial charge on any atom is 0.262 e. The number of nitrogens with zero attached hydrogens (tertiary/aromatic N) is 1. The van der Waals surface area contributed by atoms with Gasteiger partial charge in [-0.05, 0) is 30.2 Å². The number of ether oxygens (including phenoxy) is 1. The number of halogens is 2. The topological polar surface area (TPSA) is 97.4 Å². The zero-order chi connectivity index (χ0) is 20.7. The summed E-state index contributed by atoms with van der Waals surface area (Å²) in [7, 11) is -1.46. The van der Waals surface area contributed by atoms with Crippen LogP contribution < -0.4 is 14.8 Å². The van der Waals surface area contributed by atoms with Gasteiger partial charge in [0.05, 0.1) is 5.02 Å². The predicted molar refractivity (Wildman–Crippen MR) is 109 cm³/mol. The molecule has 10 heteroatoms. The van der Waals surface area contributed by atoms with Crippen LogP contribution in [-0.2, 0) is 22.3 Å². The molecule has 0 aliphatic carbocycles. The Morgan fingerprint density at radius 1 is 1.29 bits per heavy atom. The second-order valence-electron chi connectivity index (χ2n) is 5.76. The minimum Gasteiger partial charge on any atom is -0.463 e. The van der Waals surface area contributed by atoms with Crippen molar-refractivity contribution in [1.82, 2.24) is 15.0 Å². The van der Waals surface area contributed by atoms with Crippen LogP contribution in [0.2, 0.25) is 10.0 Å². The lowest BCUT2D eigenvalue weighted by molar-refractivity contribution is -0.128. The largest absolute Gasteiger partial charge is 0.463 e. The van der Waals surface area contributed by atoms with E-state index in [9.17, 15) is 13.8 Å². The van der Waals surface area contributed by atoms with Crippen molar-refractivity contribution in [3.63, 3.8) is 0 Å². The van der Waals surface area contributed by atoms with Gasteiger partial charge in [-0.2, -0.15) is 0 Å². The van der Waals surface area contributed by atoms with Gasteiger partial charge in [-0.3, -0.25) is 14.3 Å². The van der Waals surface area contributed by atoms with E-state index in [0.29, 0.717) is 22.6 Å². The van der Waals surface area contributed by atoms with Gasteiger partial charge in [0.25, 0.3) is 11.8 Å². The molecule has 0 saturated carbocycles. The minimum atomic E-state index is -1.46. The molecule has 0 saturated heterocycles. The summed E-state index contributed by atoms with van der Waals surface area (Å²) >= 11 is 11.8. The molecule has 0 bridgehead atoms. The maximum atomic E-state index is 12.4. The molecule has 1 aromatic heterocycles. The SMILES string of the molecule is CCC(Oc1ncc(Cl)cc1Cl)C(=O)NCc1cccc(C(=O)NS(C)=O)c1. The first-order chi connectivity index (χ1) is 13.3. The smallest absolute Gasteiger partial charge is 0.262 e. The third-order valence-electron chi connectivity index (χ3n) is 3.58. The summed E-state index contributed by atoms with van der Waals surface area (Å²) in [6.07, 6.45) is 2.36. The fourth-order valence-corrected chi connectivity index (χ4v) is 3.06. The highest BCUT2D eigenvalue weighted by atomic mass is 35.5. The summed E-state index contributed by atoms with van der Waals surface area (Å²) in [4.78, 5) is 28.3. The molecule has 0 aliphatic heterocycles. The van der Waals surface area contributed by atoms with Gasteiger partial charge < -0.3 is 10.1 Å². The van der Waals surface area contributed by atoms with Crippen molar-refractivity contribution < 1.29 is 18.5 Å². The molecule has 2 amide bonds. The molecule has 2 aromatic rings. The Bertz CT molecular complexity index is 895. The minimum absolute atomic E-state index is 0.124. The second kappa shape index (κ2) is 10.4. The number of aromatic nitrogens is 1. The Hall–Kier alpha value is -2.16. The summed E-state index contributed by atoms with van der Waals surface area (Å²) in [6, 6.07) is 8.14. The highest BCUT2D eigenvalue weighted by molar-refractivity contribution is 7.82. The van der Waals surface area contributed by atoms with E-state index in [1.165, 1.54) is 18.5 Å². The third-order valence-corrected chi connectivity index (χ3v) is 4.53. The van der Waals surface area contributed by atoms with Gasteiger partial charge in [0.2, 0.25) is 5.88 Å². The zero-order valence-electron chi connectivity index (χ0n) is 15.2. The van der Waals surface area contributed by atoms with Crippen LogP contribution in [0.25, 0.3) is 0 Å². The lowest BCUT2D eigenvalue weighted by Gasteiger charge is -2.17. The van der Waals surface area contributed by atoms with Crippen LogP contribution >= 0.6 is 23.2 Å². The standard InChI is InChI=1S/C18H19Cl2N3O4S/c1-3-15(27-18-14(20)8-13(19)10-22-18)17(25)21-9-11-5-4-6-12(7-11)16(24)23-28(2)26/h4-8,10,15H,3,9H2,1-2H3,(H,21,25)(H,23,24). The molecule has 1 heterocycles. The van der Waals surface area contributed by atoms with E-state index in [0.717, 1.165) is 0 Å². The van der Waals surface area contributed by atoms with Gasteiger partial charge in [0.1, 0.15) is 16.0 Å². The highest BCUT2D eigenvalue weighted by Crippen LogP contribution is 2.25. The van der Waals surface area contributed by atoms with Crippen LogP contribution in [0.4, 0.5) is 0 Å². The van der Waals surface area contributed by atoms with E-state index in [1.54, 1.807) is 31.2 Å². The Balaban J connectivity index is 1.99. The number of hydrogen-bond acceptors (Lipinski definition) is 5. The lowest BCUT2D eigenvalue weighted by atomic mass is 10.1. The molecule has 28 heavy (non-hydrogen) atoms. The van der Waals surface area contributed by atoms with Gasteiger partial charge in [0.15, 0.2) is 6.10 Å². The quantitative estimate of drug-likeness (QED) is 0.653. The van der Waals surface area contributed by atoms with Crippen molar-refractivity contribution >= 4 is 46.0 Å². The monoisotopic (exact) mass is 443 g/mol. The number of nitrogens with one attached hydrogen (secondary N) is 2. The molecule has 7 nitrogen and oxygen atoms in total. The predicted octanol–water partition coefficient (Wildman–Crippen LogP) is 2.89. The zero-order valence-corrected chi connectivity index (χ0v) is 17.5. The number of carbonyl (C=O) groups is 2. The van der Waals surface area contributed by atoms with Crippen LogP contribution in [0.1, 0.15) is 29.3 Å². The van der Waals surface area contributed by atoms with Crippen LogP contribution in [0.3, 0.4) is 0 Å². The lowest BCUT2D eigenvalue weighted by Crippen LogP contribution is -2.37. The van der Waals surface area contributed by atoms with Crippen LogP contribution in [0.15, 0.2) is 36.5 Å². The van der Waals surface area contributed by atoms with E-state index in [2.05, 4.69) is 15.0 Å². The molecule has 2 N–H and O–H groups in total. The normalized spacial score (nSPS) is 12.7. The molecular formula is C18H19Cl2N3O4S. The van der Waals surface area contributed by atoms with Crippen LogP contribution in [0.5, 0.6) is 5.88 Å². The summed E-state index contributed by atoms with van der Waals surface area (Å²) in [6.45, 7) is 1.99. The molecule has 0 radical (unpaired) electrons. The van der Waals surface area contributed by atoms with E-state index in [4.69, 9.17) is 27.9 Å². The summed E-state index contributed by atoms with van der Waals surface area (Å²) < 4.78 is 19.0. The molecule has 1 aromatic carbocycles. The van der Waals surface area contributed by atoms with Gasteiger partial charge in [-0.1, -0.05) is 42.3 Å². The van der Waals surface area contributed by atoms with E-state index in [1.807, 2.05) is 0 Å². The fourth-order valence-electron chi connectivity index (χ4n) is 2.26. The number of carbonyl (C=O) groups excluding carboxylic acids is 2. The second-order valence-corrected chi connectivity index (χ2v) is 7.71. The number of benzene rings is 1. The maximum absolute atomic E-state index is 12.4. The molecular weight excluding hydrogens is 425 g/mol. The number of pyridine rings is 1. The fraction of sp³-hybridized carbons (Fsp3) is 0.278. The van der Waals surface area contributed by atoms with Crippen molar-refractivity contribution in [3.05, 3.63) is 57.7 Å². The highest BCUT2D eigenvalue weighted by Gasteiger charge is 2.20. The van der Waals surface area contributed by atoms with Crippen molar-refractivity contribution in [3.8, 4) is 5.88 Å². The molecule has 150 valence electrons. The summed E-state index contributed by atoms with van der Waals surface area (Å²) in [5.74, 6) is -0.675. The van der Waals surface area contributed by atoms with Gasteiger partial charge in [0, 0.05) is 24.6 Å². The van der Waals surface area contributed by atoms with E-state index in [-0.39, 0.29) is 23.4 Å². The van der Waals surface area contributed by atoms with Crippen LogP contribution in [0, 0.1) is 0 Å². The van der Waals surface area contributed by atoms with Crippen molar-refractivity contribution in [1.29, 1.82) is 0 Å². The average Bonchev–Trinajstić information content (AvgIpc) is 2.65. The number of rotatable bonds is 8. The molecule has 0 spiro atoms. The van der Waals surface area contributed by atoms with E-state index >= 15 is 0 Å². The number of hydrogen-bond donors (Lipinski definition) is 2. The van der Waals surface area contributed by atoms with Crippen molar-refractivity contribution in [2.24, 2.45) is 0 Å². The van der Waals surface area contributed by atoms with E-state index < -0.39 is 23.0 Å². The number of amides is 2. The Kier molecular flexibility index (Phi) is 8.22. The molecule has 2 unspecified atom stereocenters. The summed E-state index contributed by atoms with van der Waals surface area (Å²) in [5, 5.41) is 3.34. The van der Waals surface area contributed by atoms with Crippen molar-refractivity contribution in [2.45, 2.75) is 26.0 Å². The Morgan fingerprint density at radius 3 is 2.68 bits per heavy atom. The van der Waals surface area contributed by atoms with Gasteiger partial charge >= 0.3 is 0 Å².